The largest absolute Gasteiger partial charge is 0.382 e. The van der Waals surface area contributed by atoms with E-state index in [1.54, 1.807) is 7.11 Å². The zero-order chi connectivity index (χ0) is 19.2. The highest BCUT2D eigenvalue weighted by Crippen LogP contribution is 2.52. The summed E-state index contributed by atoms with van der Waals surface area (Å²) in [6.07, 6.45) is 5.19. The second-order valence-electron chi connectivity index (χ2n) is 7.12. The van der Waals surface area contributed by atoms with E-state index in [2.05, 4.69) is 27.8 Å². The normalized spacial score (nSPS) is 27.9. The number of nitrogens with one attached hydrogen (secondary N) is 2. The Kier molecular flexibility index (Phi) is 9.16. The third-order valence-electron chi connectivity index (χ3n) is 5.47. The lowest BCUT2D eigenvalue weighted by molar-refractivity contribution is -0.140. The Hall–Kier alpha value is -1.20. The summed E-state index contributed by atoms with van der Waals surface area (Å²) in [6, 6.07) is 0. The fraction of sp³-hybridized carbons (Fsp3) is 0.737. The third kappa shape index (κ3) is 5.04. The van der Waals surface area contributed by atoms with Gasteiger partial charge in [0.05, 0.1) is 38.2 Å². The summed E-state index contributed by atoms with van der Waals surface area (Å²) in [4.78, 5) is 31.2. The van der Waals surface area contributed by atoms with Gasteiger partial charge in [-0.3, -0.25) is 19.5 Å². The van der Waals surface area contributed by atoms with Gasteiger partial charge in [-0.15, -0.1) is 24.0 Å². The summed E-state index contributed by atoms with van der Waals surface area (Å²) in [6.45, 7) is 5.74. The first-order chi connectivity index (χ1) is 13.2. The van der Waals surface area contributed by atoms with E-state index >= 15 is 0 Å². The molecule has 3 aliphatic rings. The van der Waals surface area contributed by atoms with Crippen molar-refractivity contribution in [2.45, 2.75) is 13.3 Å². The van der Waals surface area contributed by atoms with Gasteiger partial charge in [0.15, 0.2) is 5.96 Å². The molecule has 158 valence electrons. The fourth-order valence-corrected chi connectivity index (χ4v) is 4.28. The first-order valence-electron chi connectivity index (χ1n) is 9.79. The minimum Gasteiger partial charge on any atom is -0.382 e. The van der Waals surface area contributed by atoms with Crippen LogP contribution in [0.2, 0.25) is 0 Å². The molecule has 9 heteroatoms. The van der Waals surface area contributed by atoms with Crippen LogP contribution in [0.15, 0.2) is 17.1 Å². The average molecular weight is 506 g/mol. The SMILES string of the molecule is CCNC(=NCCOCCOC)NCCN1C(=O)C2C3C=CC(C3)C2C1=O.I. The number of nitrogens with zero attached hydrogens (tertiary/aromatic N) is 2. The zero-order valence-electron chi connectivity index (χ0n) is 16.6. The fourth-order valence-electron chi connectivity index (χ4n) is 4.28. The van der Waals surface area contributed by atoms with Gasteiger partial charge in [0.2, 0.25) is 11.8 Å². The van der Waals surface area contributed by atoms with Crippen molar-refractivity contribution in [2.75, 3.05) is 53.1 Å². The predicted octanol–water partition coefficient (Wildman–Crippen LogP) is 0.630. The number of hydrogen-bond donors (Lipinski definition) is 2. The number of ether oxygens (including phenoxy) is 2. The number of imide groups is 1. The zero-order valence-corrected chi connectivity index (χ0v) is 18.9. The summed E-state index contributed by atoms with van der Waals surface area (Å²) in [5.41, 5.74) is 0. The monoisotopic (exact) mass is 506 g/mol. The molecule has 1 heterocycles. The van der Waals surface area contributed by atoms with E-state index in [0.29, 0.717) is 45.4 Å². The lowest BCUT2D eigenvalue weighted by atomic mass is 9.85. The number of carbonyl (C=O) groups is 2. The molecule has 4 unspecified atom stereocenters. The minimum absolute atomic E-state index is 0. The maximum Gasteiger partial charge on any atom is 0.233 e. The van der Waals surface area contributed by atoms with E-state index in [1.165, 1.54) is 4.90 Å². The minimum atomic E-state index is -0.126. The lowest BCUT2D eigenvalue weighted by Gasteiger charge is -2.18. The Balaban J connectivity index is 0.00000280. The molecule has 1 aliphatic heterocycles. The van der Waals surface area contributed by atoms with Crippen molar-refractivity contribution >= 4 is 41.8 Å². The van der Waals surface area contributed by atoms with E-state index in [1.807, 2.05) is 6.92 Å². The maximum atomic E-state index is 12.7. The van der Waals surface area contributed by atoms with Crippen LogP contribution in [0.4, 0.5) is 0 Å². The Labute approximate surface area is 183 Å². The molecule has 4 atom stereocenters. The smallest absolute Gasteiger partial charge is 0.233 e. The molecule has 0 aromatic rings. The van der Waals surface area contributed by atoms with Gasteiger partial charge in [0, 0.05) is 26.7 Å². The van der Waals surface area contributed by atoms with Crippen LogP contribution in [0.1, 0.15) is 13.3 Å². The number of aliphatic imine (C=N–C) groups is 1. The van der Waals surface area contributed by atoms with E-state index in [4.69, 9.17) is 9.47 Å². The van der Waals surface area contributed by atoms with Gasteiger partial charge in [-0.2, -0.15) is 0 Å². The summed E-state index contributed by atoms with van der Waals surface area (Å²) in [5, 5.41) is 6.35. The standard InChI is InChI=1S/C19H30N4O4.HI/c1-3-20-19(22-7-9-27-11-10-26-2)21-6-8-23-17(24)15-13-4-5-14(12-13)16(15)18(23)25;/h4-5,13-16H,3,6-12H2,1-2H3,(H2,20,21,22);1H. The number of fused-ring (bicyclic) bond motifs is 5. The summed E-state index contributed by atoms with van der Waals surface area (Å²) in [5.74, 6) is 0.915. The molecular weight excluding hydrogens is 475 g/mol. The van der Waals surface area contributed by atoms with Crippen LogP contribution in [-0.4, -0.2) is 75.8 Å². The predicted molar refractivity (Wildman–Crippen MR) is 117 cm³/mol. The van der Waals surface area contributed by atoms with E-state index in [0.717, 1.165) is 13.0 Å². The number of hydrogen-bond acceptors (Lipinski definition) is 5. The van der Waals surface area contributed by atoms with Gasteiger partial charge in [0.1, 0.15) is 0 Å². The van der Waals surface area contributed by atoms with Gasteiger partial charge in [0.25, 0.3) is 0 Å². The van der Waals surface area contributed by atoms with Gasteiger partial charge in [-0.1, -0.05) is 12.2 Å². The highest BCUT2D eigenvalue weighted by atomic mass is 127. The van der Waals surface area contributed by atoms with Crippen LogP contribution in [0.25, 0.3) is 0 Å². The summed E-state index contributed by atoms with van der Waals surface area (Å²) >= 11 is 0. The molecule has 2 aliphatic carbocycles. The lowest BCUT2D eigenvalue weighted by Crippen LogP contribution is -2.43. The van der Waals surface area contributed by atoms with Crippen LogP contribution >= 0.6 is 24.0 Å². The van der Waals surface area contributed by atoms with Crippen molar-refractivity contribution in [3.63, 3.8) is 0 Å². The Morgan fingerprint density at radius 1 is 1.14 bits per heavy atom. The Morgan fingerprint density at radius 3 is 2.43 bits per heavy atom. The molecule has 2 amide bonds. The number of methoxy groups -OCH3 is 1. The van der Waals surface area contributed by atoms with Crippen LogP contribution in [0.5, 0.6) is 0 Å². The van der Waals surface area contributed by atoms with Crippen LogP contribution in [-0.2, 0) is 19.1 Å². The molecule has 2 N–H and O–H groups in total. The maximum absolute atomic E-state index is 12.7. The Morgan fingerprint density at radius 2 is 1.82 bits per heavy atom. The molecule has 1 saturated heterocycles. The van der Waals surface area contributed by atoms with Gasteiger partial charge in [-0.05, 0) is 25.2 Å². The molecule has 0 aromatic carbocycles. The van der Waals surface area contributed by atoms with Crippen molar-refractivity contribution in [3.8, 4) is 0 Å². The first kappa shape index (κ1) is 23.1. The second-order valence-corrected chi connectivity index (χ2v) is 7.12. The number of amides is 2. The van der Waals surface area contributed by atoms with Gasteiger partial charge < -0.3 is 20.1 Å². The molecule has 0 aromatic heterocycles. The molecule has 28 heavy (non-hydrogen) atoms. The number of halogens is 1. The van der Waals surface area contributed by atoms with Crippen LogP contribution < -0.4 is 10.6 Å². The summed E-state index contributed by atoms with van der Waals surface area (Å²) in [7, 11) is 1.64. The topological polar surface area (TPSA) is 92.3 Å². The molecule has 3 rings (SSSR count). The molecule has 0 radical (unpaired) electrons. The highest BCUT2D eigenvalue weighted by molar-refractivity contribution is 14.0. The molecule has 2 fully saturated rings. The second kappa shape index (κ2) is 11.1. The third-order valence-corrected chi connectivity index (χ3v) is 5.47. The molecule has 2 bridgehead atoms. The van der Waals surface area contributed by atoms with Crippen molar-refractivity contribution in [1.29, 1.82) is 0 Å². The van der Waals surface area contributed by atoms with E-state index < -0.39 is 0 Å². The number of likely N-dealkylation sites (tertiary alicyclic amines) is 1. The molecule has 0 spiro atoms. The number of guanidine groups is 1. The molecule has 1 saturated carbocycles. The van der Waals surface area contributed by atoms with E-state index in [9.17, 15) is 9.59 Å². The van der Waals surface area contributed by atoms with E-state index in [-0.39, 0.29) is 59.5 Å². The van der Waals surface area contributed by atoms with Crippen molar-refractivity contribution in [3.05, 3.63) is 12.2 Å². The van der Waals surface area contributed by atoms with Gasteiger partial charge in [-0.25, -0.2) is 0 Å². The van der Waals surface area contributed by atoms with Crippen molar-refractivity contribution < 1.29 is 19.1 Å². The molecule has 8 nitrogen and oxygen atoms in total. The molecular formula is C19H31IN4O4. The number of allylic oxidation sites excluding steroid dienone is 2. The Bertz CT molecular complexity index is 583. The van der Waals surface area contributed by atoms with Gasteiger partial charge >= 0.3 is 0 Å². The average Bonchev–Trinajstić information content (AvgIpc) is 3.34. The quantitative estimate of drug-likeness (QED) is 0.113. The summed E-state index contributed by atoms with van der Waals surface area (Å²) < 4.78 is 10.3. The number of carbonyl (C=O) groups excluding carboxylic acids is 2. The van der Waals surface area contributed by atoms with Crippen LogP contribution in [0, 0.1) is 23.7 Å². The van der Waals surface area contributed by atoms with Crippen molar-refractivity contribution in [2.24, 2.45) is 28.7 Å². The van der Waals surface area contributed by atoms with Crippen molar-refractivity contribution in [1.82, 2.24) is 15.5 Å². The number of rotatable bonds is 10. The first-order valence-corrected chi connectivity index (χ1v) is 9.79. The highest BCUT2D eigenvalue weighted by Gasteiger charge is 2.58. The van der Waals surface area contributed by atoms with Crippen LogP contribution in [0.3, 0.4) is 0 Å².